The molecule has 0 bridgehead atoms. The van der Waals surface area contributed by atoms with E-state index in [-0.39, 0.29) is 17.4 Å². The molecule has 1 aliphatic carbocycles. The number of hydrogen-bond donors (Lipinski definition) is 1. The number of phenols is 1. The molecule has 0 aromatic heterocycles. The maximum Gasteiger partial charge on any atom is 0.342 e. The summed E-state index contributed by atoms with van der Waals surface area (Å²) in [4.78, 5) is 23.8. The van der Waals surface area contributed by atoms with E-state index in [1.165, 1.54) is 19.2 Å². The highest BCUT2D eigenvalue weighted by molar-refractivity contribution is 5.92. The van der Waals surface area contributed by atoms with Crippen LogP contribution in [0.3, 0.4) is 0 Å². The van der Waals surface area contributed by atoms with Crippen molar-refractivity contribution in [3.05, 3.63) is 23.8 Å². The molecule has 0 saturated heterocycles. The average Bonchev–Trinajstić information content (AvgIpc) is 2.54. The summed E-state index contributed by atoms with van der Waals surface area (Å²) >= 11 is 0. The van der Waals surface area contributed by atoms with Crippen LogP contribution in [-0.2, 0) is 9.53 Å². The zero-order chi connectivity index (χ0) is 16.7. The summed E-state index contributed by atoms with van der Waals surface area (Å²) in [6.07, 6.45) is 6.06. The van der Waals surface area contributed by atoms with Gasteiger partial charge in [0, 0.05) is 18.9 Å². The van der Waals surface area contributed by atoms with Crippen LogP contribution < -0.4 is 4.74 Å². The highest BCUT2D eigenvalue weighted by Gasteiger charge is 2.20. The van der Waals surface area contributed by atoms with E-state index in [4.69, 9.17) is 9.47 Å². The van der Waals surface area contributed by atoms with Crippen LogP contribution in [0, 0.1) is 0 Å². The monoisotopic (exact) mass is 320 g/mol. The van der Waals surface area contributed by atoms with Crippen LogP contribution in [0.25, 0.3) is 0 Å². The Morgan fingerprint density at radius 1 is 1.13 bits per heavy atom. The summed E-state index contributed by atoms with van der Waals surface area (Å²) in [6.45, 7) is 0. The summed E-state index contributed by atoms with van der Waals surface area (Å²) in [5.74, 6) is 0.175. The molecule has 0 unspecified atom stereocenters. The number of phenolic OH excluding ortho intramolecular Hbond substituents is 1. The van der Waals surface area contributed by atoms with E-state index in [9.17, 15) is 14.7 Å². The first-order chi connectivity index (χ1) is 11.1. The highest BCUT2D eigenvalue weighted by atomic mass is 16.5. The predicted molar refractivity (Wildman–Crippen MR) is 85.8 cm³/mol. The molecule has 1 saturated carbocycles. The number of aromatic hydroxyl groups is 1. The van der Waals surface area contributed by atoms with Gasteiger partial charge in [0.05, 0.1) is 7.11 Å². The summed E-state index contributed by atoms with van der Waals surface area (Å²) in [5.41, 5.74) is 0.151. The summed E-state index contributed by atoms with van der Waals surface area (Å²) < 4.78 is 10.6. The van der Waals surface area contributed by atoms with Crippen molar-refractivity contribution in [2.24, 2.45) is 0 Å². The molecular weight excluding hydrogens is 296 g/mol. The Hall–Kier alpha value is -2.04. The fraction of sp³-hybridized carbons (Fsp3) is 0.556. The molecule has 0 amide bonds. The molecule has 0 spiro atoms. The second-order valence-corrected chi connectivity index (χ2v) is 5.94. The molecule has 2 rings (SSSR count). The molecule has 1 aromatic rings. The van der Waals surface area contributed by atoms with Crippen molar-refractivity contribution in [1.29, 1.82) is 0 Å². The molecule has 1 N–H and O–H groups in total. The van der Waals surface area contributed by atoms with Crippen LogP contribution in [0.2, 0.25) is 0 Å². The lowest BCUT2D eigenvalue weighted by atomic mass is 9.98. The van der Waals surface area contributed by atoms with Gasteiger partial charge in [0.25, 0.3) is 0 Å². The molecule has 23 heavy (non-hydrogen) atoms. The topological polar surface area (TPSA) is 72.8 Å². The van der Waals surface area contributed by atoms with Crippen molar-refractivity contribution in [2.45, 2.75) is 57.5 Å². The van der Waals surface area contributed by atoms with Gasteiger partial charge in [0.15, 0.2) is 0 Å². The van der Waals surface area contributed by atoms with Crippen molar-refractivity contribution in [2.75, 3.05) is 7.11 Å². The first-order valence-electron chi connectivity index (χ1n) is 8.20. The first-order valence-corrected chi connectivity index (χ1v) is 8.20. The Balaban J connectivity index is 1.96. The van der Waals surface area contributed by atoms with Gasteiger partial charge < -0.3 is 14.6 Å². The predicted octanol–water partition coefficient (Wildman–Crippen LogP) is 3.63. The number of hydrogen-bond acceptors (Lipinski definition) is 5. The number of ketones is 1. The minimum atomic E-state index is -0.511. The largest absolute Gasteiger partial charge is 0.507 e. The van der Waals surface area contributed by atoms with Crippen molar-refractivity contribution in [3.8, 4) is 11.5 Å². The molecule has 0 radical (unpaired) electrons. The summed E-state index contributed by atoms with van der Waals surface area (Å²) in [6, 6.07) is 4.53. The van der Waals surface area contributed by atoms with E-state index < -0.39 is 5.97 Å². The number of rotatable bonds is 3. The molecule has 126 valence electrons. The molecule has 0 atom stereocenters. The van der Waals surface area contributed by atoms with Crippen LogP contribution in [0.1, 0.15) is 61.7 Å². The second-order valence-electron chi connectivity index (χ2n) is 5.94. The van der Waals surface area contributed by atoms with Gasteiger partial charge in [-0.1, -0.05) is 0 Å². The third-order valence-corrected chi connectivity index (χ3v) is 4.16. The van der Waals surface area contributed by atoms with Crippen LogP contribution in [0.4, 0.5) is 0 Å². The van der Waals surface area contributed by atoms with Crippen LogP contribution in [0.5, 0.6) is 11.5 Å². The Labute approximate surface area is 136 Å². The number of benzene rings is 1. The van der Waals surface area contributed by atoms with E-state index in [1.54, 1.807) is 6.07 Å². The maximum atomic E-state index is 12.3. The molecular formula is C18H24O5. The van der Waals surface area contributed by atoms with E-state index in [1.807, 2.05) is 0 Å². The third kappa shape index (κ3) is 5.27. The molecule has 1 aliphatic rings. The average molecular weight is 320 g/mol. The second kappa shape index (κ2) is 8.56. The SMILES string of the molecule is COc1ccc(C(=O)OC2CCCCC(=O)CCCC2)c(O)c1. The van der Waals surface area contributed by atoms with Gasteiger partial charge in [0.1, 0.15) is 28.9 Å². The lowest BCUT2D eigenvalue weighted by Crippen LogP contribution is -2.19. The molecule has 1 fully saturated rings. The van der Waals surface area contributed by atoms with E-state index >= 15 is 0 Å². The quantitative estimate of drug-likeness (QED) is 0.861. The van der Waals surface area contributed by atoms with E-state index in [0.29, 0.717) is 24.4 Å². The fourth-order valence-corrected chi connectivity index (χ4v) is 2.80. The van der Waals surface area contributed by atoms with Gasteiger partial charge in [-0.15, -0.1) is 0 Å². The minimum Gasteiger partial charge on any atom is -0.507 e. The van der Waals surface area contributed by atoms with E-state index in [0.717, 1.165) is 38.5 Å². The third-order valence-electron chi connectivity index (χ3n) is 4.16. The number of carbonyl (C=O) groups is 2. The standard InChI is InChI=1S/C18H24O5/c1-22-15-10-11-16(17(20)12-15)18(21)23-14-8-4-2-6-13(19)7-3-5-9-14/h10-12,14,20H,2-9H2,1H3. The Kier molecular flexibility index (Phi) is 6.44. The summed E-state index contributed by atoms with van der Waals surface area (Å²) in [5, 5.41) is 9.92. The van der Waals surface area contributed by atoms with Crippen molar-refractivity contribution in [1.82, 2.24) is 0 Å². The van der Waals surface area contributed by atoms with Crippen LogP contribution >= 0.6 is 0 Å². The number of methoxy groups -OCH3 is 1. The van der Waals surface area contributed by atoms with Gasteiger partial charge >= 0.3 is 5.97 Å². The van der Waals surface area contributed by atoms with E-state index in [2.05, 4.69) is 0 Å². The first kappa shape index (κ1) is 17.3. The van der Waals surface area contributed by atoms with Gasteiger partial charge in [-0.3, -0.25) is 4.79 Å². The van der Waals surface area contributed by atoms with Crippen molar-refractivity contribution < 1.29 is 24.2 Å². The molecule has 0 heterocycles. The highest BCUT2D eigenvalue weighted by Crippen LogP contribution is 2.26. The van der Waals surface area contributed by atoms with Gasteiger partial charge in [0.2, 0.25) is 0 Å². The molecule has 5 nitrogen and oxygen atoms in total. The number of ether oxygens (including phenoxy) is 2. The maximum absolute atomic E-state index is 12.3. The zero-order valence-electron chi connectivity index (χ0n) is 13.5. The number of esters is 1. The van der Waals surface area contributed by atoms with Gasteiger partial charge in [-0.25, -0.2) is 4.79 Å². The smallest absolute Gasteiger partial charge is 0.342 e. The van der Waals surface area contributed by atoms with Gasteiger partial charge in [-0.05, 0) is 50.7 Å². The Morgan fingerprint density at radius 3 is 2.35 bits per heavy atom. The van der Waals surface area contributed by atoms with Gasteiger partial charge in [-0.2, -0.15) is 0 Å². The van der Waals surface area contributed by atoms with Crippen LogP contribution in [0.15, 0.2) is 18.2 Å². The Morgan fingerprint density at radius 2 is 1.78 bits per heavy atom. The lowest BCUT2D eigenvalue weighted by Gasteiger charge is -2.19. The zero-order valence-corrected chi connectivity index (χ0v) is 13.5. The molecule has 1 aromatic carbocycles. The van der Waals surface area contributed by atoms with Crippen LogP contribution in [-0.4, -0.2) is 30.1 Å². The number of carbonyl (C=O) groups excluding carboxylic acids is 2. The Bertz CT molecular complexity index is 538. The summed E-state index contributed by atoms with van der Waals surface area (Å²) in [7, 11) is 1.50. The lowest BCUT2D eigenvalue weighted by molar-refractivity contribution is -0.119. The normalized spacial score (nSPS) is 17.5. The minimum absolute atomic E-state index is 0.139. The molecule has 0 aliphatic heterocycles. The molecule has 5 heteroatoms. The van der Waals surface area contributed by atoms with Crippen molar-refractivity contribution >= 4 is 11.8 Å². The fourth-order valence-electron chi connectivity index (χ4n) is 2.80. The van der Waals surface area contributed by atoms with Crippen molar-refractivity contribution in [3.63, 3.8) is 0 Å². The number of Topliss-reactive ketones (excluding diaryl/α,β-unsaturated/α-hetero) is 1.